The lowest BCUT2D eigenvalue weighted by Crippen LogP contribution is -2.26. The molecule has 0 radical (unpaired) electrons. The number of nitrogen functional groups attached to an aromatic ring is 1. The Kier molecular flexibility index (Phi) is 5.40. The highest BCUT2D eigenvalue weighted by Gasteiger charge is 2.28. The van der Waals surface area contributed by atoms with Crippen LogP contribution in [0.3, 0.4) is 0 Å². The summed E-state index contributed by atoms with van der Waals surface area (Å²) >= 11 is 0. The predicted molar refractivity (Wildman–Crippen MR) is 115 cm³/mol. The van der Waals surface area contributed by atoms with Crippen molar-refractivity contribution in [1.82, 2.24) is 5.32 Å². The first-order valence-corrected chi connectivity index (χ1v) is 9.68. The zero-order valence-corrected chi connectivity index (χ0v) is 16.5. The van der Waals surface area contributed by atoms with Crippen molar-refractivity contribution in [1.29, 1.82) is 0 Å². The first-order valence-electron chi connectivity index (χ1n) is 9.68. The lowest BCUT2D eigenvalue weighted by atomic mass is 9.98. The molecule has 0 aromatic heterocycles. The molecule has 1 aliphatic carbocycles. The molecule has 1 aliphatic rings. The molecular formula is C25H21FN2O2. The van der Waals surface area contributed by atoms with Crippen molar-refractivity contribution in [3.8, 4) is 23.0 Å². The summed E-state index contributed by atoms with van der Waals surface area (Å²) in [6.45, 7) is 2.11. The number of nitrogens with two attached hydrogens (primary N) is 1. The number of amides is 1. The van der Waals surface area contributed by atoms with E-state index in [1.165, 1.54) is 23.3 Å². The van der Waals surface area contributed by atoms with Crippen molar-refractivity contribution in [3.63, 3.8) is 0 Å². The molecule has 4 nitrogen and oxygen atoms in total. The third kappa shape index (κ3) is 3.85. The van der Waals surface area contributed by atoms with E-state index < -0.39 is 11.9 Å². The number of rotatable bonds is 3. The molecule has 0 atom stereocenters. The number of ether oxygens (including phenoxy) is 1. The zero-order valence-electron chi connectivity index (χ0n) is 16.5. The Morgan fingerprint density at radius 3 is 2.40 bits per heavy atom. The van der Waals surface area contributed by atoms with Crippen molar-refractivity contribution < 1.29 is 13.9 Å². The van der Waals surface area contributed by atoms with Gasteiger partial charge in [-0.1, -0.05) is 60.4 Å². The minimum Gasteiger partial charge on any atom is -0.449 e. The van der Waals surface area contributed by atoms with Crippen LogP contribution in [0.25, 0.3) is 11.1 Å². The Labute approximate surface area is 174 Å². The van der Waals surface area contributed by atoms with E-state index in [9.17, 15) is 9.18 Å². The fraction of sp³-hybridized carbons (Fsp3) is 0.160. The Morgan fingerprint density at radius 1 is 1.10 bits per heavy atom. The van der Waals surface area contributed by atoms with Gasteiger partial charge >= 0.3 is 6.09 Å². The third-order valence-electron chi connectivity index (χ3n) is 5.30. The van der Waals surface area contributed by atoms with Gasteiger partial charge in [0.25, 0.3) is 0 Å². The Bertz CT molecular complexity index is 1130. The monoisotopic (exact) mass is 400 g/mol. The molecule has 3 aromatic carbocycles. The summed E-state index contributed by atoms with van der Waals surface area (Å²) in [6, 6.07) is 18.9. The number of nitrogens with one attached hydrogen (secondary N) is 1. The second kappa shape index (κ2) is 8.30. The number of carbonyl (C=O) groups excluding carboxylic acids is 1. The van der Waals surface area contributed by atoms with Crippen molar-refractivity contribution in [3.05, 3.63) is 88.7 Å². The Balaban J connectivity index is 1.37. The van der Waals surface area contributed by atoms with Gasteiger partial charge in [-0.25, -0.2) is 9.18 Å². The molecule has 5 heteroatoms. The van der Waals surface area contributed by atoms with Crippen LogP contribution >= 0.6 is 0 Å². The summed E-state index contributed by atoms with van der Waals surface area (Å²) in [5.74, 6) is 5.20. The quantitative estimate of drug-likeness (QED) is 0.499. The minimum absolute atomic E-state index is 0.00662. The standard InChI is InChI=1S/C25H21FN2O2/c1-16-17(13-18(26)14-24(16)27)7-6-12-28-25(29)30-15-23-21-10-4-2-8-19(21)20-9-3-5-11-22(20)23/h2-5,8-11,13-14,23H,12,15,27H2,1H3,(H,28,29). The number of benzene rings is 3. The normalized spacial score (nSPS) is 11.8. The fourth-order valence-corrected chi connectivity index (χ4v) is 3.74. The van der Waals surface area contributed by atoms with Gasteiger partial charge < -0.3 is 15.8 Å². The SMILES string of the molecule is Cc1c(N)cc(F)cc1C#CCNC(=O)OCC1c2ccccc2-c2ccccc21. The summed E-state index contributed by atoms with van der Waals surface area (Å²) in [4.78, 5) is 12.1. The molecule has 0 saturated carbocycles. The number of hydrogen-bond acceptors (Lipinski definition) is 3. The topological polar surface area (TPSA) is 64.3 Å². The van der Waals surface area contributed by atoms with Gasteiger partial charge in [-0.15, -0.1) is 0 Å². The average Bonchev–Trinajstić information content (AvgIpc) is 3.07. The minimum atomic E-state index is -0.540. The van der Waals surface area contributed by atoms with Crippen molar-refractivity contribution in [2.45, 2.75) is 12.8 Å². The van der Waals surface area contributed by atoms with E-state index in [-0.39, 0.29) is 19.1 Å². The average molecular weight is 400 g/mol. The van der Waals surface area contributed by atoms with E-state index in [1.54, 1.807) is 6.92 Å². The number of carbonyl (C=O) groups is 1. The number of halogens is 1. The molecule has 0 unspecified atom stereocenters. The van der Waals surface area contributed by atoms with E-state index in [0.29, 0.717) is 16.8 Å². The van der Waals surface area contributed by atoms with Crippen LogP contribution in [0.15, 0.2) is 60.7 Å². The molecule has 0 bridgehead atoms. The molecule has 0 fully saturated rings. The number of anilines is 1. The molecular weight excluding hydrogens is 379 g/mol. The highest BCUT2D eigenvalue weighted by atomic mass is 19.1. The van der Waals surface area contributed by atoms with Gasteiger partial charge in [0.1, 0.15) is 12.4 Å². The van der Waals surface area contributed by atoms with Crippen LogP contribution in [0, 0.1) is 24.6 Å². The third-order valence-corrected chi connectivity index (χ3v) is 5.30. The molecule has 3 N–H and O–H groups in total. The maximum Gasteiger partial charge on any atom is 0.407 e. The van der Waals surface area contributed by atoms with Gasteiger partial charge in [0.05, 0.1) is 6.54 Å². The highest BCUT2D eigenvalue weighted by Crippen LogP contribution is 2.44. The molecule has 150 valence electrons. The molecule has 0 saturated heterocycles. The predicted octanol–water partition coefficient (Wildman–Crippen LogP) is 4.61. The Morgan fingerprint density at radius 2 is 1.73 bits per heavy atom. The van der Waals surface area contributed by atoms with Crippen LogP contribution in [-0.4, -0.2) is 19.2 Å². The molecule has 3 aromatic rings. The lowest BCUT2D eigenvalue weighted by molar-refractivity contribution is 0.144. The largest absolute Gasteiger partial charge is 0.449 e. The van der Waals surface area contributed by atoms with E-state index >= 15 is 0 Å². The van der Waals surface area contributed by atoms with Gasteiger partial charge in [0.15, 0.2) is 0 Å². The lowest BCUT2D eigenvalue weighted by Gasteiger charge is -2.14. The van der Waals surface area contributed by atoms with Crippen molar-refractivity contribution >= 4 is 11.8 Å². The van der Waals surface area contributed by atoms with Crippen LogP contribution in [0.5, 0.6) is 0 Å². The maximum atomic E-state index is 13.5. The van der Waals surface area contributed by atoms with Gasteiger partial charge in [0.2, 0.25) is 0 Å². The second-order valence-corrected chi connectivity index (χ2v) is 7.15. The second-order valence-electron chi connectivity index (χ2n) is 7.15. The smallest absolute Gasteiger partial charge is 0.407 e. The van der Waals surface area contributed by atoms with Crippen LogP contribution in [0.2, 0.25) is 0 Å². The van der Waals surface area contributed by atoms with E-state index in [2.05, 4.69) is 41.4 Å². The summed E-state index contributed by atoms with van der Waals surface area (Å²) in [5, 5.41) is 2.61. The molecule has 1 amide bonds. The Hall–Kier alpha value is -3.78. The molecule has 0 aliphatic heterocycles. The number of fused-ring (bicyclic) bond motifs is 3. The van der Waals surface area contributed by atoms with Crippen LogP contribution < -0.4 is 11.1 Å². The summed E-state index contributed by atoms with van der Waals surface area (Å²) in [6.07, 6.45) is -0.540. The van der Waals surface area contributed by atoms with E-state index in [0.717, 1.165) is 11.1 Å². The van der Waals surface area contributed by atoms with Crippen LogP contribution in [-0.2, 0) is 4.74 Å². The van der Waals surface area contributed by atoms with Crippen LogP contribution in [0.1, 0.15) is 28.2 Å². The first-order chi connectivity index (χ1) is 14.5. The van der Waals surface area contributed by atoms with Gasteiger partial charge in [-0.3, -0.25) is 0 Å². The maximum absolute atomic E-state index is 13.5. The highest BCUT2D eigenvalue weighted by molar-refractivity contribution is 5.79. The molecule has 30 heavy (non-hydrogen) atoms. The van der Waals surface area contributed by atoms with Crippen molar-refractivity contribution in [2.24, 2.45) is 0 Å². The van der Waals surface area contributed by atoms with E-state index in [1.807, 2.05) is 24.3 Å². The molecule has 0 heterocycles. The molecule has 4 rings (SSSR count). The number of alkyl carbamates (subject to hydrolysis) is 1. The summed E-state index contributed by atoms with van der Waals surface area (Å²) < 4.78 is 18.9. The van der Waals surface area contributed by atoms with Crippen molar-refractivity contribution in [2.75, 3.05) is 18.9 Å². The van der Waals surface area contributed by atoms with Gasteiger partial charge in [-0.05, 0) is 46.9 Å². The van der Waals surface area contributed by atoms with Gasteiger partial charge in [0, 0.05) is 17.2 Å². The van der Waals surface area contributed by atoms with E-state index in [4.69, 9.17) is 10.5 Å². The fourth-order valence-electron chi connectivity index (χ4n) is 3.74. The molecule has 0 spiro atoms. The van der Waals surface area contributed by atoms with Gasteiger partial charge in [-0.2, -0.15) is 0 Å². The zero-order chi connectivity index (χ0) is 21.1. The van der Waals surface area contributed by atoms with Crippen LogP contribution in [0.4, 0.5) is 14.9 Å². The summed E-state index contributed by atoms with van der Waals surface area (Å²) in [7, 11) is 0. The number of hydrogen-bond donors (Lipinski definition) is 2. The first kappa shape index (κ1) is 19.5. The summed E-state index contributed by atoms with van der Waals surface area (Å²) in [5.41, 5.74) is 12.0.